The van der Waals surface area contributed by atoms with Crippen LogP contribution in [0.2, 0.25) is 5.02 Å². The van der Waals surface area contributed by atoms with Crippen molar-refractivity contribution in [3.63, 3.8) is 0 Å². The lowest BCUT2D eigenvalue weighted by atomic mass is 10.2. The van der Waals surface area contributed by atoms with Gasteiger partial charge in [0.15, 0.2) is 5.76 Å². The van der Waals surface area contributed by atoms with Crippen LogP contribution in [0.25, 0.3) is 11.0 Å². The van der Waals surface area contributed by atoms with E-state index in [0.29, 0.717) is 29.6 Å². The van der Waals surface area contributed by atoms with Crippen LogP contribution < -0.4 is 4.74 Å². The van der Waals surface area contributed by atoms with E-state index in [1.807, 2.05) is 24.3 Å². The fraction of sp³-hybridized carbons (Fsp3) is 0.222. The minimum absolute atomic E-state index is 0.0850. The maximum atomic E-state index is 12.6. The van der Waals surface area contributed by atoms with E-state index in [1.54, 1.807) is 29.4 Å². The number of hydrogen-bond donors (Lipinski definition) is 0. The van der Waals surface area contributed by atoms with Gasteiger partial charge < -0.3 is 14.1 Å². The van der Waals surface area contributed by atoms with Crippen molar-refractivity contribution >= 4 is 28.5 Å². The van der Waals surface area contributed by atoms with Crippen molar-refractivity contribution in [3.05, 3.63) is 59.6 Å². The molecule has 5 nitrogen and oxygen atoms in total. The molecule has 0 N–H and O–H groups in total. The Bertz CT molecular complexity index is 860. The van der Waals surface area contributed by atoms with Crippen molar-refractivity contribution in [2.45, 2.75) is 12.5 Å². The number of fused-ring (bicyclic) bond motifs is 1. The van der Waals surface area contributed by atoms with Crippen molar-refractivity contribution in [1.82, 2.24) is 9.88 Å². The van der Waals surface area contributed by atoms with Gasteiger partial charge in [-0.1, -0.05) is 29.8 Å². The molecule has 6 heteroatoms. The summed E-state index contributed by atoms with van der Waals surface area (Å²) in [6.45, 7) is 1.14. The summed E-state index contributed by atoms with van der Waals surface area (Å²) in [4.78, 5) is 18.3. The van der Waals surface area contributed by atoms with Gasteiger partial charge >= 0.3 is 0 Å². The number of pyridine rings is 1. The van der Waals surface area contributed by atoms with Gasteiger partial charge in [-0.2, -0.15) is 0 Å². The number of para-hydroxylation sites is 1. The summed E-state index contributed by atoms with van der Waals surface area (Å²) in [6, 6.07) is 11.1. The van der Waals surface area contributed by atoms with Gasteiger partial charge in [-0.15, -0.1) is 0 Å². The monoisotopic (exact) mass is 342 g/mol. The zero-order valence-electron chi connectivity index (χ0n) is 12.8. The molecule has 1 amide bonds. The van der Waals surface area contributed by atoms with Gasteiger partial charge in [-0.25, -0.2) is 0 Å². The Balaban J connectivity index is 1.46. The average Bonchev–Trinajstić information content (AvgIpc) is 3.23. The number of amides is 1. The smallest absolute Gasteiger partial charge is 0.289 e. The van der Waals surface area contributed by atoms with Crippen LogP contribution in [0.4, 0.5) is 0 Å². The molecule has 2 aromatic heterocycles. The molecule has 0 spiro atoms. The summed E-state index contributed by atoms with van der Waals surface area (Å²) >= 11 is 6.06. The first-order valence-corrected chi connectivity index (χ1v) is 8.12. The molecule has 3 heterocycles. The van der Waals surface area contributed by atoms with Crippen LogP contribution in [0.3, 0.4) is 0 Å². The van der Waals surface area contributed by atoms with Crippen LogP contribution in [0.15, 0.2) is 53.2 Å². The Kier molecular flexibility index (Phi) is 3.86. The second kappa shape index (κ2) is 6.17. The van der Waals surface area contributed by atoms with Crippen LogP contribution in [-0.2, 0) is 0 Å². The number of furan rings is 1. The van der Waals surface area contributed by atoms with Crippen LogP contribution in [0, 0.1) is 0 Å². The third kappa shape index (κ3) is 2.83. The van der Waals surface area contributed by atoms with Crippen molar-refractivity contribution in [2.24, 2.45) is 0 Å². The van der Waals surface area contributed by atoms with Crippen LogP contribution >= 0.6 is 11.6 Å². The molecule has 1 fully saturated rings. The molecular weight excluding hydrogens is 328 g/mol. The molecule has 1 saturated heterocycles. The summed E-state index contributed by atoms with van der Waals surface area (Å²) in [5, 5.41) is 1.40. The van der Waals surface area contributed by atoms with E-state index in [4.69, 9.17) is 20.8 Å². The highest BCUT2D eigenvalue weighted by Gasteiger charge is 2.30. The molecule has 3 aromatic rings. The first-order chi connectivity index (χ1) is 11.7. The number of hydrogen-bond acceptors (Lipinski definition) is 4. The zero-order chi connectivity index (χ0) is 16.5. The van der Waals surface area contributed by atoms with Gasteiger partial charge in [0.25, 0.3) is 5.91 Å². The second-order valence-electron chi connectivity index (χ2n) is 5.73. The highest BCUT2D eigenvalue weighted by Crippen LogP contribution is 2.27. The minimum atomic E-state index is -0.113. The lowest BCUT2D eigenvalue weighted by molar-refractivity contribution is 0.0743. The van der Waals surface area contributed by atoms with Gasteiger partial charge in [-0.3, -0.25) is 9.78 Å². The van der Waals surface area contributed by atoms with Gasteiger partial charge in [0.1, 0.15) is 22.5 Å². The molecule has 1 aromatic carbocycles. The lowest BCUT2D eigenvalue weighted by Crippen LogP contribution is -2.30. The Morgan fingerprint density at radius 1 is 1.33 bits per heavy atom. The summed E-state index contributed by atoms with van der Waals surface area (Å²) in [5.41, 5.74) is 0.719. The molecular formula is C18H15ClN2O3. The molecule has 1 aliphatic heterocycles. The molecule has 0 radical (unpaired) electrons. The number of halogens is 1. The van der Waals surface area contributed by atoms with Crippen LogP contribution in [0.5, 0.6) is 5.75 Å². The van der Waals surface area contributed by atoms with Gasteiger partial charge in [-0.05, 0) is 12.1 Å². The molecule has 0 unspecified atom stereocenters. The van der Waals surface area contributed by atoms with E-state index in [-0.39, 0.29) is 12.0 Å². The van der Waals surface area contributed by atoms with E-state index in [1.165, 1.54) is 0 Å². The van der Waals surface area contributed by atoms with Crippen molar-refractivity contribution < 1.29 is 13.9 Å². The van der Waals surface area contributed by atoms with E-state index in [9.17, 15) is 4.79 Å². The predicted molar refractivity (Wildman–Crippen MR) is 90.4 cm³/mol. The summed E-state index contributed by atoms with van der Waals surface area (Å²) in [7, 11) is 0. The highest BCUT2D eigenvalue weighted by atomic mass is 35.5. The number of likely N-dealkylation sites (tertiary alicyclic amines) is 1. The van der Waals surface area contributed by atoms with E-state index in [2.05, 4.69) is 4.98 Å². The number of rotatable bonds is 3. The first-order valence-electron chi connectivity index (χ1n) is 7.75. The van der Waals surface area contributed by atoms with Gasteiger partial charge in [0.05, 0.1) is 6.54 Å². The van der Waals surface area contributed by atoms with E-state index < -0.39 is 0 Å². The normalized spacial score (nSPS) is 17.4. The highest BCUT2D eigenvalue weighted by molar-refractivity contribution is 6.31. The third-order valence-electron chi connectivity index (χ3n) is 4.10. The fourth-order valence-electron chi connectivity index (χ4n) is 2.89. The molecule has 24 heavy (non-hydrogen) atoms. The maximum Gasteiger partial charge on any atom is 0.289 e. The summed E-state index contributed by atoms with van der Waals surface area (Å²) in [6.07, 6.45) is 3.85. The molecule has 1 atom stereocenters. The van der Waals surface area contributed by atoms with Crippen LogP contribution in [-0.4, -0.2) is 35.0 Å². The van der Waals surface area contributed by atoms with Crippen molar-refractivity contribution in [1.29, 1.82) is 0 Å². The minimum Gasteiger partial charge on any atom is -0.487 e. The molecule has 122 valence electrons. The number of nitrogens with zero attached hydrogens (tertiary/aromatic N) is 2. The summed E-state index contributed by atoms with van der Waals surface area (Å²) < 4.78 is 11.5. The number of ether oxygens (including phenoxy) is 1. The number of carbonyl (C=O) groups excluding carboxylic acids is 1. The van der Waals surface area contributed by atoms with E-state index >= 15 is 0 Å². The molecule has 0 bridgehead atoms. The zero-order valence-corrected chi connectivity index (χ0v) is 13.6. The Labute approximate surface area is 143 Å². The fourth-order valence-corrected chi connectivity index (χ4v) is 3.05. The predicted octanol–water partition coefficient (Wildman–Crippen LogP) is 3.77. The third-order valence-corrected chi connectivity index (χ3v) is 4.38. The first kappa shape index (κ1) is 15.0. The molecule has 0 aliphatic carbocycles. The number of aromatic nitrogens is 1. The van der Waals surface area contributed by atoms with E-state index in [0.717, 1.165) is 17.4 Å². The maximum absolute atomic E-state index is 12.6. The Morgan fingerprint density at radius 2 is 2.21 bits per heavy atom. The molecule has 1 aliphatic rings. The largest absolute Gasteiger partial charge is 0.487 e. The average molecular weight is 343 g/mol. The Hall–Kier alpha value is -2.53. The van der Waals surface area contributed by atoms with Gasteiger partial charge in [0.2, 0.25) is 0 Å². The molecule has 0 saturated carbocycles. The quantitative estimate of drug-likeness (QED) is 0.727. The Morgan fingerprint density at radius 3 is 3.04 bits per heavy atom. The number of benzene rings is 1. The van der Waals surface area contributed by atoms with Gasteiger partial charge in [0, 0.05) is 36.8 Å². The molecule has 4 rings (SSSR count). The second-order valence-corrected chi connectivity index (χ2v) is 6.14. The topological polar surface area (TPSA) is 55.6 Å². The van der Waals surface area contributed by atoms with Crippen molar-refractivity contribution in [2.75, 3.05) is 13.1 Å². The van der Waals surface area contributed by atoms with Crippen molar-refractivity contribution in [3.8, 4) is 5.75 Å². The standard InChI is InChI=1S/C18H15ClN2O3/c19-14-10-20-7-5-16(14)23-13-6-8-21(11-13)18(22)17-9-12-3-1-2-4-15(12)24-17/h1-5,7,9-10,13H,6,8,11H2/t13-/m0/s1. The number of carbonyl (C=O) groups is 1. The lowest BCUT2D eigenvalue weighted by Gasteiger charge is -2.16. The van der Waals surface area contributed by atoms with Crippen LogP contribution in [0.1, 0.15) is 17.0 Å². The summed E-state index contributed by atoms with van der Waals surface area (Å²) in [5.74, 6) is 0.839. The SMILES string of the molecule is O=C(c1cc2ccccc2o1)N1CC[C@H](Oc2ccncc2Cl)C1.